The molecule has 0 spiro atoms. The summed E-state index contributed by atoms with van der Waals surface area (Å²) >= 11 is 0. The summed E-state index contributed by atoms with van der Waals surface area (Å²) in [6.45, 7) is 12.8. The number of aliphatic hydroxyl groups is 1. The van der Waals surface area contributed by atoms with Crippen molar-refractivity contribution in [1.82, 2.24) is 0 Å². The first kappa shape index (κ1) is 23.1. The Morgan fingerprint density at radius 3 is 0.846 bits per heavy atom. The second kappa shape index (κ2) is 58.4. The van der Waals surface area contributed by atoms with E-state index in [0.29, 0.717) is 0 Å². The lowest BCUT2D eigenvalue weighted by Crippen LogP contribution is -1.59. The second-order valence-electron chi connectivity index (χ2n) is 2.35. The van der Waals surface area contributed by atoms with Crippen LogP contribution in [0.25, 0.3) is 0 Å². The van der Waals surface area contributed by atoms with Crippen molar-refractivity contribution in [2.24, 2.45) is 0 Å². The SMILES string of the molecule is CC.CCCC.CCCCC.CO. The smallest absolute Gasteiger partial charge is 0.0319 e. The van der Waals surface area contributed by atoms with Crippen molar-refractivity contribution in [1.29, 1.82) is 0 Å². The van der Waals surface area contributed by atoms with Crippen molar-refractivity contribution >= 4 is 0 Å². The van der Waals surface area contributed by atoms with E-state index in [2.05, 4.69) is 27.7 Å². The molecule has 1 nitrogen and oxygen atoms in total. The maximum atomic E-state index is 7.00. The van der Waals surface area contributed by atoms with Crippen LogP contribution in [0.1, 0.15) is 73.6 Å². The summed E-state index contributed by atoms with van der Waals surface area (Å²) < 4.78 is 0. The van der Waals surface area contributed by atoms with E-state index in [9.17, 15) is 0 Å². The van der Waals surface area contributed by atoms with Gasteiger partial charge in [-0.3, -0.25) is 0 Å². The van der Waals surface area contributed by atoms with Gasteiger partial charge in [0.1, 0.15) is 0 Å². The maximum Gasteiger partial charge on any atom is 0.0319 e. The monoisotopic (exact) mass is 192 g/mol. The van der Waals surface area contributed by atoms with E-state index in [4.69, 9.17) is 5.11 Å². The standard InChI is InChI=1S/C5H12.C4H10.C2H6.CH4O/c1-3-5-4-2;1-3-4-2;2*1-2/h3-5H2,1-2H3;3-4H2,1-2H3;1-2H3;2H,1H3. The van der Waals surface area contributed by atoms with Crippen molar-refractivity contribution in [3.8, 4) is 0 Å². The van der Waals surface area contributed by atoms with E-state index < -0.39 is 0 Å². The highest BCUT2D eigenvalue weighted by molar-refractivity contribution is 4.24. The van der Waals surface area contributed by atoms with Crippen LogP contribution in [0.15, 0.2) is 0 Å². The zero-order chi connectivity index (χ0) is 11.5. The minimum absolute atomic E-state index is 1.00. The van der Waals surface area contributed by atoms with E-state index in [1.165, 1.54) is 32.1 Å². The van der Waals surface area contributed by atoms with Crippen LogP contribution in [0.5, 0.6) is 0 Å². The van der Waals surface area contributed by atoms with Crippen LogP contribution < -0.4 is 0 Å². The van der Waals surface area contributed by atoms with Gasteiger partial charge in [-0.05, 0) is 0 Å². The fraction of sp³-hybridized carbons (Fsp3) is 1.00. The fourth-order valence-corrected chi connectivity index (χ4v) is 0.354. The van der Waals surface area contributed by atoms with Gasteiger partial charge >= 0.3 is 0 Å². The summed E-state index contributed by atoms with van der Waals surface area (Å²) in [6, 6.07) is 0. The van der Waals surface area contributed by atoms with E-state index in [1.54, 1.807) is 0 Å². The van der Waals surface area contributed by atoms with Crippen molar-refractivity contribution < 1.29 is 5.11 Å². The maximum absolute atomic E-state index is 7.00. The van der Waals surface area contributed by atoms with Crippen molar-refractivity contribution in [3.63, 3.8) is 0 Å². The van der Waals surface area contributed by atoms with Crippen molar-refractivity contribution in [2.45, 2.75) is 73.6 Å². The van der Waals surface area contributed by atoms with Crippen LogP contribution in [0.3, 0.4) is 0 Å². The Balaban J connectivity index is -0.0000000457. The Labute approximate surface area is 86.6 Å². The Morgan fingerprint density at radius 1 is 0.615 bits per heavy atom. The van der Waals surface area contributed by atoms with Crippen LogP contribution >= 0.6 is 0 Å². The van der Waals surface area contributed by atoms with Crippen LogP contribution in [0, 0.1) is 0 Å². The molecule has 0 aromatic carbocycles. The largest absolute Gasteiger partial charge is 0.400 e. The molecule has 0 unspecified atom stereocenters. The summed E-state index contributed by atoms with van der Waals surface area (Å²) in [5.74, 6) is 0. The number of hydrogen-bond acceptors (Lipinski definition) is 1. The quantitative estimate of drug-likeness (QED) is 0.691. The van der Waals surface area contributed by atoms with E-state index in [-0.39, 0.29) is 0 Å². The summed E-state index contributed by atoms with van der Waals surface area (Å²) in [5.41, 5.74) is 0. The lowest BCUT2D eigenvalue weighted by Gasteiger charge is -1.79. The molecule has 0 aromatic heterocycles. The predicted molar refractivity (Wildman–Crippen MR) is 65.3 cm³/mol. The molecular weight excluding hydrogens is 160 g/mol. The highest BCUT2D eigenvalue weighted by atomic mass is 16.2. The number of hydrogen-bond donors (Lipinski definition) is 1. The molecule has 0 bridgehead atoms. The molecule has 1 N–H and O–H groups in total. The molecule has 0 fully saturated rings. The van der Waals surface area contributed by atoms with E-state index in [0.717, 1.165) is 7.11 Å². The Hall–Kier alpha value is -0.0400. The van der Waals surface area contributed by atoms with E-state index >= 15 is 0 Å². The third-order valence-electron chi connectivity index (χ3n) is 1.21. The predicted octanol–water partition coefficient (Wildman–Crippen LogP) is 4.64. The topological polar surface area (TPSA) is 20.2 Å². The van der Waals surface area contributed by atoms with Gasteiger partial charge in [-0.15, -0.1) is 0 Å². The van der Waals surface area contributed by atoms with E-state index in [1.807, 2.05) is 13.8 Å². The fourth-order valence-electron chi connectivity index (χ4n) is 0.354. The van der Waals surface area contributed by atoms with Crippen molar-refractivity contribution in [3.05, 3.63) is 0 Å². The first-order valence-electron chi connectivity index (χ1n) is 5.78. The minimum Gasteiger partial charge on any atom is -0.400 e. The zero-order valence-electron chi connectivity index (χ0n) is 11.0. The third kappa shape index (κ3) is 135. The summed E-state index contributed by atoms with van der Waals surface area (Å²) in [6.07, 6.45) is 6.72. The molecular formula is C12H32O. The van der Waals surface area contributed by atoms with Gasteiger partial charge in [-0.25, -0.2) is 0 Å². The zero-order valence-corrected chi connectivity index (χ0v) is 11.0. The molecule has 1 heteroatoms. The second-order valence-corrected chi connectivity index (χ2v) is 2.35. The molecule has 0 aliphatic heterocycles. The van der Waals surface area contributed by atoms with Gasteiger partial charge in [0.05, 0.1) is 0 Å². The molecule has 0 aromatic rings. The average molecular weight is 192 g/mol. The molecule has 0 heterocycles. The lowest BCUT2D eigenvalue weighted by molar-refractivity contribution is 0.399. The van der Waals surface area contributed by atoms with Gasteiger partial charge in [0.15, 0.2) is 0 Å². The average Bonchev–Trinajstić information content (AvgIpc) is 2.25. The first-order chi connectivity index (χ1) is 6.33. The third-order valence-corrected chi connectivity index (χ3v) is 1.21. The molecule has 0 radical (unpaired) electrons. The van der Waals surface area contributed by atoms with Crippen molar-refractivity contribution in [2.75, 3.05) is 7.11 Å². The number of aliphatic hydroxyl groups excluding tert-OH is 1. The summed E-state index contributed by atoms with van der Waals surface area (Å²) in [5, 5.41) is 7.00. The normalized spacial score (nSPS) is 6.46. The minimum atomic E-state index is 1.00. The highest BCUT2D eigenvalue weighted by Gasteiger charge is 1.68. The van der Waals surface area contributed by atoms with Crippen LogP contribution in [-0.2, 0) is 0 Å². The van der Waals surface area contributed by atoms with Gasteiger partial charge in [0.25, 0.3) is 0 Å². The highest BCUT2D eigenvalue weighted by Crippen LogP contribution is 1.88. The molecule has 0 rings (SSSR count). The Kier molecular flexibility index (Phi) is 104. The van der Waals surface area contributed by atoms with Gasteiger partial charge in [-0.2, -0.15) is 0 Å². The lowest BCUT2D eigenvalue weighted by atomic mass is 10.3. The molecule has 0 aliphatic carbocycles. The van der Waals surface area contributed by atoms with Gasteiger partial charge in [0.2, 0.25) is 0 Å². The summed E-state index contributed by atoms with van der Waals surface area (Å²) in [4.78, 5) is 0. The van der Waals surface area contributed by atoms with Crippen LogP contribution in [0.2, 0.25) is 0 Å². The van der Waals surface area contributed by atoms with Gasteiger partial charge in [0, 0.05) is 7.11 Å². The Morgan fingerprint density at radius 2 is 0.846 bits per heavy atom. The van der Waals surface area contributed by atoms with Gasteiger partial charge in [-0.1, -0.05) is 73.6 Å². The molecule has 0 amide bonds. The molecule has 86 valence electrons. The number of unbranched alkanes of at least 4 members (excludes halogenated alkanes) is 3. The Bertz CT molecular complexity index is 24.3. The van der Waals surface area contributed by atoms with Crippen LogP contribution in [0.4, 0.5) is 0 Å². The molecule has 0 saturated heterocycles. The molecule has 13 heavy (non-hydrogen) atoms. The first-order valence-corrected chi connectivity index (χ1v) is 5.78. The number of rotatable bonds is 3. The molecule has 0 saturated carbocycles. The molecule has 0 aliphatic rings. The summed E-state index contributed by atoms with van der Waals surface area (Å²) in [7, 11) is 1.00. The van der Waals surface area contributed by atoms with Crippen LogP contribution in [-0.4, -0.2) is 12.2 Å². The molecule has 0 atom stereocenters. The van der Waals surface area contributed by atoms with Gasteiger partial charge < -0.3 is 5.11 Å².